The van der Waals surface area contributed by atoms with Crippen LogP contribution in [0.5, 0.6) is 0 Å². The van der Waals surface area contributed by atoms with Crippen LogP contribution in [-0.4, -0.2) is 27.5 Å². The molecular weight excluding hydrogens is 224 g/mol. The van der Waals surface area contributed by atoms with Crippen molar-refractivity contribution in [2.24, 2.45) is 0 Å². The third kappa shape index (κ3) is 18.9. The fourth-order valence-electron chi connectivity index (χ4n) is 0.481. The highest BCUT2D eigenvalue weighted by atomic mass is 32.3. The monoisotopic (exact) mass is 234 g/mol. The van der Waals surface area contributed by atoms with Crippen molar-refractivity contribution in [1.82, 2.24) is 9.97 Å². The summed E-state index contributed by atoms with van der Waals surface area (Å²) in [5.74, 6) is 0. The van der Waals surface area contributed by atoms with Gasteiger partial charge in [-0.15, -0.1) is 0 Å². The molecule has 0 aliphatic rings. The first-order valence-corrected chi connectivity index (χ1v) is 4.98. The minimum absolute atomic E-state index is 1.75. The zero-order chi connectivity index (χ0) is 11.6. The molecule has 2 heterocycles. The van der Waals surface area contributed by atoms with Crippen LogP contribution in [0.3, 0.4) is 0 Å². The van der Waals surface area contributed by atoms with Crippen LogP contribution in [0.1, 0.15) is 0 Å². The van der Waals surface area contributed by atoms with E-state index in [4.69, 9.17) is 17.5 Å². The Bertz CT molecular complexity index is 328. The summed E-state index contributed by atoms with van der Waals surface area (Å²) in [6.45, 7) is 0. The average molecular weight is 234 g/mol. The van der Waals surface area contributed by atoms with E-state index in [-0.39, 0.29) is 0 Å². The molecule has 0 saturated carbocycles. The van der Waals surface area contributed by atoms with Crippen molar-refractivity contribution in [3.63, 3.8) is 0 Å². The standard InChI is InChI=1S/2C3H4N2.H2O4S/c2*1-2-5-3-4-1;1-5(2,3)4/h2*1-3H,(H,4,5);(H2,1,2,3,4). The maximum absolute atomic E-state index is 8.52. The SMILES string of the molecule is O=S(=O)([O-])[O-].c1c[nH+]c[nH]1.c1c[nH+]c[nH]1. The second-order valence-electron chi connectivity index (χ2n) is 2.03. The van der Waals surface area contributed by atoms with Crippen LogP contribution in [0.2, 0.25) is 0 Å². The number of H-pyrrole nitrogens is 4. The van der Waals surface area contributed by atoms with Crippen LogP contribution in [0.4, 0.5) is 0 Å². The Labute approximate surface area is 86.0 Å². The van der Waals surface area contributed by atoms with Gasteiger partial charge in [0.1, 0.15) is 24.8 Å². The highest BCUT2D eigenvalue weighted by Gasteiger charge is 1.65. The molecule has 9 heteroatoms. The topological polar surface area (TPSA) is 140 Å². The van der Waals surface area contributed by atoms with E-state index in [1.54, 1.807) is 12.7 Å². The van der Waals surface area contributed by atoms with Crippen molar-refractivity contribution in [3.05, 3.63) is 37.4 Å². The highest BCUT2D eigenvalue weighted by molar-refractivity contribution is 7.79. The fourth-order valence-corrected chi connectivity index (χ4v) is 0.481. The van der Waals surface area contributed by atoms with E-state index in [1.165, 1.54) is 0 Å². The first kappa shape index (κ1) is 13.3. The van der Waals surface area contributed by atoms with Gasteiger partial charge in [-0.25, -0.2) is 0 Å². The van der Waals surface area contributed by atoms with E-state index >= 15 is 0 Å². The average Bonchev–Trinajstić information content (AvgIpc) is 2.81. The van der Waals surface area contributed by atoms with E-state index in [2.05, 4.69) is 19.9 Å². The van der Waals surface area contributed by atoms with Crippen molar-refractivity contribution in [2.75, 3.05) is 0 Å². The third-order valence-electron chi connectivity index (χ3n) is 0.885. The van der Waals surface area contributed by atoms with Crippen molar-refractivity contribution in [2.45, 2.75) is 0 Å². The largest absolute Gasteiger partial charge is 0.759 e. The molecule has 0 unspecified atom stereocenters. The van der Waals surface area contributed by atoms with Crippen LogP contribution < -0.4 is 9.97 Å². The van der Waals surface area contributed by atoms with Gasteiger partial charge in [0.2, 0.25) is 12.7 Å². The number of aromatic amines is 4. The smallest absolute Gasteiger partial charge is 0.239 e. The molecule has 8 nitrogen and oxygen atoms in total. The summed E-state index contributed by atoms with van der Waals surface area (Å²) in [7, 11) is -5.17. The lowest BCUT2D eigenvalue weighted by Crippen LogP contribution is -1.91. The minimum atomic E-state index is -5.17. The molecule has 0 atom stereocenters. The van der Waals surface area contributed by atoms with Crippen LogP contribution in [-0.2, 0) is 10.4 Å². The van der Waals surface area contributed by atoms with Gasteiger partial charge in [-0.3, -0.25) is 28.4 Å². The zero-order valence-electron chi connectivity index (χ0n) is 7.51. The molecule has 15 heavy (non-hydrogen) atoms. The predicted molar refractivity (Wildman–Crippen MR) is 45.2 cm³/mol. The van der Waals surface area contributed by atoms with Crippen molar-refractivity contribution >= 4 is 10.4 Å². The Morgan fingerprint density at radius 2 is 1.27 bits per heavy atom. The summed E-state index contributed by atoms with van der Waals surface area (Å²) in [5.41, 5.74) is 0. The van der Waals surface area contributed by atoms with Crippen molar-refractivity contribution in [1.29, 1.82) is 0 Å². The molecule has 0 amide bonds. The van der Waals surface area contributed by atoms with Gasteiger partial charge in [0.25, 0.3) is 0 Å². The van der Waals surface area contributed by atoms with E-state index in [1.807, 2.05) is 24.8 Å². The van der Waals surface area contributed by atoms with Crippen LogP contribution in [0.15, 0.2) is 37.4 Å². The molecule has 2 aromatic rings. The molecule has 0 fully saturated rings. The van der Waals surface area contributed by atoms with Gasteiger partial charge in [0.15, 0.2) is 0 Å². The van der Waals surface area contributed by atoms with Gasteiger partial charge in [-0.2, -0.15) is 0 Å². The van der Waals surface area contributed by atoms with Gasteiger partial charge in [-0.05, 0) is 0 Å². The Morgan fingerprint density at radius 1 is 0.933 bits per heavy atom. The van der Waals surface area contributed by atoms with E-state index in [0.717, 1.165) is 0 Å². The number of hydrogen-bond acceptors (Lipinski definition) is 4. The Kier molecular flexibility index (Phi) is 6.80. The summed E-state index contributed by atoms with van der Waals surface area (Å²) in [6, 6.07) is 0. The van der Waals surface area contributed by atoms with E-state index in [9.17, 15) is 0 Å². The quantitative estimate of drug-likeness (QED) is 0.414. The summed E-state index contributed by atoms with van der Waals surface area (Å²) in [5, 5.41) is 0. The van der Waals surface area contributed by atoms with Crippen LogP contribution in [0.25, 0.3) is 0 Å². The fraction of sp³-hybridized carbons (Fsp3) is 0. The van der Waals surface area contributed by atoms with E-state index in [0.29, 0.717) is 0 Å². The maximum Gasteiger partial charge on any atom is 0.239 e. The number of hydrogen-bond donors (Lipinski definition) is 2. The lowest BCUT2D eigenvalue weighted by molar-refractivity contribution is -0.376. The molecule has 0 saturated heterocycles. The first-order valence-electron chi connectivity index (χ1n) is 3.64. The van der Waals surface area contributed by atoms with Crippen LogP contribution in [0, 0.1) is 0 Å². The van der Waals surface area contributed by atoms with Gasteiger partial charge >= 0.3 is 0 Å². The molecule has 0 bridgehead atoms. The Morgan fingerprint density at radius 3 is 1.33 bits per heavy atom. The normalized spacial score (nSPS) is 9.20. The number of imidazole rings is 2. The van der Waals surface area contributed by atoms with Gasteiger partial charge in [0, 0.05) is 10.4 Å². The Balaban J connectivity index is 0.000000196. The molecule has 0 aliphatic carbocycles. The first-order chi connectivity index (χ1) is 7.00. The number of nitrogens with one attached hydrogen (secondary N) is 4. The summed E-state index contributed by atoms with van der Waals surface area (Å²) < 4.78 is 34.1. The zero-order valence-corrected chi connectivity index (χ0v) is 8.32. The molecule has 4 N–H and O–H groups in total. The molecule has 0 spiro atoms. The summed E-state index contributed by atoms with van der Waals surface area (Å²) >= 11 is 0. The molecule has 2 aromatic heterocycles. The lowest BCUT2D eigenvalue weighted by Gasteiger charge is -2.06. The van der Waals surface area contributed by atoms with E-state index < -0.39 is 10.4 Å². The molecular formula is C6H10N4O4S. The molecule has 0 aromatic carbocycles. The molecule has 84 valence electrons. The molecule has 2 rings (SSSR count). The second kappa shape index (κ2) is 7.67. The minimum Gasteiger partial charge on any atom is -0.759 e. The summed E-state index contributed by atoms with van der Waals surface area (Å²) in [4.78, 5) is 11.2. The number of aromatic nitrogens is 4. The van der Waals surface area contributed by atoms with Crippen LogP contribution >= 0.6 is 0 Å². The van der Waals surface area contributed by atoms with Gasteiger partial charge in [-0.1, -0.05) is 0 Å². The summed E-state index contributed by atoms with van der Waals surface area (Å²) in [6.07, 6.45) is 10.8. The maximum atomic E-state index is 8.52. The van der Waals surface area contributed by atoms with Crippen molar-refractivity contribution in [3.8, 4) is 0 Å². The molecule has 0 aliphatic heterocycles. The third-order valence-corrected chi connectivity index (χ3v) is 0.885. The second-order valence-corrected chi connectivity index (χ2v) is 2.85. The predicted octanol–water partition coefficient (Wildman–Crippen LogP) is -1.68. The van der Waals surface area contributed by atoms with Gasteiger partial charge in [0.05, 0.1) is 0 Å². The Hall–Kier alpha value is -1.71. The lowest BCUT2D eigenvalue weighted by atomic mass is 11.0. The number of rotatable bonds is 0. The van der Waals surface area contributed by atoms with Gasteiger partial charge < -0.3 is 9.11 Å². The molecule has 0 radical (unpaired) electrons. The van der Waals surface area contributed by atoms with Crippen molar-refractivity contribution < 1.29 is 27.5 Å². The highest BCUT2D eigenvalue weighted by Crippen LogP contribution is 1.57.